The number of Topliss-reactive ketones (excluding diaryl/α,β-unsaturated/α-hetero) is 1. The summed E-state index contributed by atoms with van der Waals surface area (Å²) < 4.78 is 2.73. The molecule has 0 spiro atoms. The van der Waals surface area contributed by atoms with E-state index in [1.54, 1.807) is 0 Å². The van der Waals surface area contributed by atoms with Crippen molar-refractivity contribution in [2.24, 2.45) is 0 Å². The van der Waals surface area contributed by atoms with Crippen LogP contribution in [0.5, 0.6) is 0 Å². The van der Waals surface area contributed by atoms with Crippen molar-refractivity contribution in [1.82, 2.24) is 0 Å². The van der Waals surface area contributed by atoms with Crippen LogP contribution in [0, 0.1) is 0 Å². The molecule has 0 unspecified atom stereocenters. The maximum atomic E-state index is 12.3. The predicted molar refractivity (Wildman–Crippen MR) is 90.5 cm³/mol. The number of aromatic nitrogens is 1. The molecule has 3 aromatic rings. The number of hydrogen-bond acceptors (Lipinski definition) is 1. The molecule has 3 rings (SSSR count). The van der Waals surface area contributed by atoms with Gasteiger partial charge >= 0.3 is 0 Å². The van der Waals surface area contributed by atoms with Gasteiger partial charge in [-0.1, -0.05) is 64.5 Å². The quantitative estimate of drug-likeness (QED) is 0.506. The van der Waals surface area contributed by atoms with E-state index in [-0.39, 0.29) is 5.78 Å². The van der Waals surface area contributed by atoms with E-state index < -0.39 is 0 Å². The average molecular weight is 353 g/mol. The topological polar surface area (TPSA) is 20.9 Å². The molecule has 0 aliphatic heterocycles. The second-order valence-corrected chi connectivity index (χ2v) is 5.88. The Kier molecular flexibility index (Phi) is 4.45. The summed E-state index contributed by atoms with van der Waals surface area (Å²) >= 11 is 3.42. The third-order valence-corrected chi connectivity index (χ3v) is 4.19. The molecule has 0 saturated heterocycles. The van der Waals surface area contributed by atoms with E-state index in [1.807, 2.05) is 71.6 Å². The van der Waals surface area contributed by atoms with Crippen molar-refractivity contribution in [1.29, 1.82) is 0 Å². The number of hydrogen-bond donors (Lipinski definition) is 0. The third kappa shape index (κ3) is 3.31. The Morgan fingerprint density at radius 3 is 2.09 bits per heavy atom. The summed E-state index contributed by atoms with van der Waals surface area (Å²) in [5, 5.41) is 0. The molecule has 22 heavy (non-hydrogen) atoms. The molecule has 0 amide bonds. The maximum absolute atomic E-state index is 12.3. The number of ketones is 1. The summed E-state index contributed by atoms with van der Waals surface area (Å²) in [5.74, 6) is 0.0879. The molecule has 108 valence electrons. The van der Waals surface area contributed by atoms with Crippen molar-refractivity contribution < 1.29 is 9.36 Å². The number of carbonyl (C=O) groups excluding carboxylic acids is 1. The molecule has 3 heteroatoms. The summed E-state index contributed by atoms with van der Waals surface area (Å²) in [6, 6.07) is 21.8. The number of carbonyl (C=O) groups is 1. The minimum Gasteiger partial charge on any atom is -0.287 e. The van der Waals surface area contributed by atoms with Crippen LogP contribution in [-0.2, 0) is 6.54 Å². The first-order valence-electron chi connectivity index (χ1n) is 7.06. The van der Waals surface area contributed by atoms with Crippen molar-refractivity contribution in [2.45, 2.75) is 6.54 Å². The van der Waals surface area contributed by atoms with Crippen molar-refractivity contribution in [3.05, 3.63) is 89.2 Å². The zero-order valence-corrected chi connectivity index (χ0v) is 13.5. The molecule has 0 bridgehead atoms. The fourth-order valence-electron chi connectivity index (χ4n) is 2.32. The zero-order chi connectivity index (χ0) is 15.4. The van der Waals surface area contributed by atoms with Crippen LogP contribution in [-0.4, -0.2) is 5.78 Å². The van der Waals surface area contributed by atoms with Gasteiger partial charge in [0, 0.05) is 22.2 Å². The molecule has 2 nitrogen and oxygen atoms in total. The van der Waals surface area contributed by atoms with Gasteiger partial charge in [0.1, 0.15) is 0 Å². The Bertz CT molecular complexity index is 782. The van der Waals surface area contributed by atoms with Gasteiger partial charge in [0.15, 0.2) is 12.4 Å². The highest BCUT2D eigenvalue weighted by atomic mass is 79.9. The standard InChI is InChI=1S/C19H15BrNO/c20-18-9-5-4-8-17(18)19(22)14-21-12-10-16(11-13-21)15-6-2-1-3-7-15/h1-13H,14H2/q+1. The second-order valence-electron chi connectivity index (χ2n) is 5.03. The maximum Gasteiger partial charge on any atom is 0.228 e. The number of halogens is 1. The summed E-state index contributed by atoms with van der Waals surface area (Å²) in [4.78, 5) is 12.3. The molecular formula is C19H15BrNO+. The van der Waals surface area contributed by atoms with Gasteiger partial charge in [-0.25, -0.2) is 0 Å². The van der Waals surface area contributed by atoms with Crippen LogP contribution in [0.15, 0.2) is 83.6 Å². The minimum atomic E-state index is 0.0879. The van der Waals surface area contributed by atoms with Gasteiger partial charge in [0.2, 0.25) is 12.3 Å². The summed E-state index contributed by atoms with van der Waals surface area (Å²) in [6.07, 6.45) is 3.88. The fourth-order valence-corrected chi connectivity index (χ4v) is 2.83. The Hall–Kier alpha value is -2.26. The molecule has 0 aliphatic rings. The summed E-state index contributed by atoms with van der Waals surface area (Å²) in [5.41, 5.74) is 3.03. The molecule has 0 N–H and O–H groups in total. The largest absolute Gasteiger partial charge is 0.287 e. The van der Waals surface area contributed by atoms with Gasteiger partial charge in [-0.3, -0.25) is 4.79 Å². The van der Waals surface area contributed by atoms with E-state index in [1.165, 1.54) is 5.56 Å². The van der Waals surface area contributed by atoms with Crippen molar-refractivity contribution >= 4 is 21.7 Å². The second kappa shape index (κ2) is 6.67. The molecule has 0 saturated carbocycles. The smallest absolute Gasteiger partial charge is 0.228 e. The van der Waals surface area contributed by atoms with Crippen molar-refractivity contribution in [3.8, 4) is 11.1 Å². The Balaban J connectivity index is 1.77. The first-order valence-corrected chi connectivity index (χ1v) is 7.85. The molecular weight excluding hydrogens is 338 g/mol. The van der Waals surface area contributed by atoms with E-state index in [0.717, 1.165) is 10.0 Å². The van der Waals surface area contributed by atoms with Gasteiger partial charge in [0.05, 0.1) is 0 Å². The normalized spacial score (nSPS) is 10.4. The van der Waals surface area contributed by atoms with Crippen LogP contribution in [0.2, 0.25) is 0 Å². The first-order chi connectivity index (χ1) is 10.7. The van der Waals surface area contributed by atoms with Crippen LogP contribution in [0.3, 0.4) is 0 Å². The highest BCUT2D eigenvalue weighted by Gasteiger charge is 2.14. The fraction of sp³-hybridized carbons (Fsp3) is 0.0526. The number of nitrogens with zero attached hydrogens (tertiary/aromatic N) is 1. The van der Waals surface area contributed by atoms with E-state index in [4.69, 9.17) is 0 Å². The van der Waals surface area contributed by atoms with E-state index in [9.17, 15) is 4.79 Å². The number of benzene rings is 2. The minimum absolute atomic E-state index is 0.0879. The lowest BCUT2D eigenvalue weighted by atomic mass is 10.1. The van der Waals surface area contributed by atoms with Gasteiger partial charge < -0.3 is 0 Å². The van der Waals surface area contributed by atoms with Gasteiger partial charge in [-0.15, -0.1) is 0 Å². The van der Waals surface area contributed by atoms with Crippen LogP contribution in [0.25, 0.3) is 11.1 Å². The molecule has 1 aromatic heterocycles. The van der Waals surface area contributed by atoms with Crippen molar-refractivity contribution in [2.75, 3.05) is 0 Å². The molecule has 0 radical (unpaired) electrons. The van der Waals surface area contributed by atoms with Crippen LogP contribution in [0.4, 0.5) is 0 Å². The summed E-state index contributed by atoms with van der Waals surface area (Å²) in [6.45, 7) is 0.331. The number of rotatable bonds is 4. The number of pyridine rings is 1. The Labute approximate surface area is 138 Å². The van der Waals surface area contributed by atoms with E-state index in [2.05, 4.69) is 28.1 Å². The molecule has 0 fully saturated rings. The monoisotopic (exact) mass is 352 g/mol. The van der Waals surface area contributed by atoms with E-state index >= 15 is 0 Å². The lowest BCUT2D eigenvalue weighted by molar-refractivity contribution is -0.683. The van der Waals surface area contributed by atoms with Crippen LogP contribution < -0.4 is 4.57 Å². The van der Waals surface area contributed by atoms with E-state index in [0.29, 0.717) is 12.1 Å². The summed E-state index contributed by atoms with van der Waals surface area (Å²) in [7, 11) is 0. The van der Waals surface area contributed by atoms with Crippen LogP contribution >= 0.6 is 15.9 Å². The highest BCUT2D eigenvalue weighted by molar-refractivity contribution is 9.10. The van der Waals surface area contributed by atoms with Gasteiger partial charge in [-0.2, -0.15) is 4.57 Å². The van der Waals surface area contributed by atoms with Crippen LogP contribution in [0.1, 0.15) is 10.4 Å². The lowest BCUT2D eigenvalue weighted by Gasteiger charge is -2.02. The Morgan fingerprint density at radius 2 is 1.41 bits per heavy atom. The van der Waals surface area contributed by atoms with Gasteiger partial charge in [0.25, 0.3) is 0 Å². The zero-order valence-electron chi connectivity index (χ0n) is 11.9. The molecule has 1 heterocycles. The molecule has 0 aliphatic carbocycles. The molecule has 2 aromatic carbocycles. The van der Waals surface area contributed by atoms with Crippen molar-refractivity contribution in [3.63, 3.8) is 0 Å². The lowest BCUT2D eigenvalue weighted by Crippen LogP contribution is -2.37. The Morgan fingerprint density at radius 1 is 0.818 bits per heavy atom. The van der Waals surface area contributed by atoms with Gasteiger partial charge in [-0.05, 0) is 17.2 Å². The average Bonchev–Trinajstić information content (AvgIpc) is 2.57. The third-order valence-electron chi connectivity index (χ3n) is 3.50. The molecule has 0 atom stereocenters. The predicted octanol–water partition coefficient (Wildman–Crippen LogP) is 4.29. The SMILES string of the molecule is O=C(C[n+]1ccc(-c2ccccc2)cc1)c1ccccc1Br. The first kappa shape index (κ1) is 14.7. The highest BCUT2D eigenvalue weighted by Crippen LogP contribution is 2.18.